The average molecular weight is 222 g/mol. The molecule has 0 amide bonds. The predicted molar refractivity (Wildman–Crippen MR) is 62.4 cm³/mol. The van der Waals surface area contributed by atoms with Crippen LogP contribution in [0.3, 0.4) is 0 Å². The maximum absolute atomic E-state index is 11.3. The Kier molecular flexibility index (Phi) is 5.40. The van der Waals surface area contributed by atoms with Gasteiger partial charge in [0, 0.05) is 0 Å². The molecule has 0 saturated heterocycles. The van der Waals surface area contributed by atoms with E-state index in [0.29, 0.717) is 13.0 Å². The van der Waals surface area contributed by atoms with E-state index in [1.807, 2.05) is 44.2 Å². The number of carbonyl (C=O) groups excluding carboxylic acids is 1. The molecule has 0 aliphatic rings. The molecular weight excluding hydrogens is 204 g/mol. The fraction of sp³-hybridized carbons (Fsp3) is 0.462. The first-order valence-corrected chi connectivity index (χ1v) is 5.59. The Bertz CT molecular complexity index is 308. The molecule has 0 fully saturated rings. The Balaban J connectivity index is 2.18. The van der Waals surface area contributed by atoms with Gasteiger partial charge in [0.05, 0.1) is 19.1 Å². The molecule has 0 aromatic heterocycles. The van der Waals surface area contributed by atoms with E-state index in [1.54, 1.807) is 0 Å². The molecular formula is C13H18O3. The van der Waals surface area contributed by atoms with Gasteiger partial charge in [-0.1, -0.05) is 25.1 Å². The lowest BCUT2D eigenvalue weighted by Crippen LogP contribution is -2.16. The van der Waals surface area contributed by atoms with Gasteiger partial charge in [-0.05, 0) is 25.5 Å². The molecule has 1 atom stereocenters. The second kappa shape index (κ2) is 6.88. The van der Waals surface area contributed by atoms with E-state index >= 15 is 0 Å². The highest BCUT2D eigenvalue weighted by molar-refractivity contribution is 5.69. The van der Waals surface area contributed by atoms with Gasteiger partial charge < -0.3 is 9.47 Å². The molecule has 1 rings (SSSR count). The fourth-order valence-corrected chi connectivity index (χ4v) is 1.14. The number of rotatable bonds is 6. The van der Waals surface area contributed by atoms with Crippen LogP contribution >= 0.6 is 0 Å². The number of benzene rings is 1. The minimum Gasteiger partial charge on any atom is -0.493 e. The summed E-state index contributed by atoms with van der Waals surface area (Å²) < 4.78 is 10.5. The number of hydrogen-bond donors (Lipinski definition) is 0. The smallest absolute Gasteiger partial charge is 0.309 e. The zero-order chi connectivity index (χ0) is 11.8. The standard InChI is InChI=1S/C13H18O3/c1-3-11(2)16-13(14)9-10-15-12-7-5-4-6-8-12/h4-8,11H,3,9-10H2,1-2H3. The summed E-state index contributed by atoms with van der Waals surface area (Å²) in [6, 6.07) is 9.43. The lowest BCUT2D eigenvalue weighted by Gasteiger charge is -2.11. The average Bonchev–Trinajstić information content (AvgIpc) is 2.30. The van der Waals surface area contributed by atoms with Crippen LogP contribution < -0.4 is 4.74 Å². The van der Waals surface area contributed by atoms with Crippen LogP contribution in [0.1, 0.15) is 26.7 Å². The highest BCUT2D eigenvalue weighted by Gasteiger charge is 2.07. The van der Waals surface area contributed by atoms with Crippen LogP contribution in [-0.2, 0) is 9.53 Å². The van der Waals surface area contributed by atoms with Gasteiger partial charge in [0.15, 0.2) is 0 Å². The van der Waals surface area contributed by atoms with Crippen LogP contribution in [0, 0.1) is 0 Å². The Hall–Kier alpha value is -1.51. The van der Waals surface area contributed by atoms with Gasteiger partial charge in [-0.2, -0.15) is 0 Å². The van der Waals surface area contributed by atoms with Gasteiger partial charge in [0.1, 0.15) is 5.75 Å². The van der Waals surface area contributed by atoms with Crippen molar-refractivity contribution in [2.24, 2.45) is 0 Å². The molecule has 88 valence electrons. The third-order valence-corrected chi connectivity index (χ3v) is 2.23. The van der Waals surface area contributed by atoms with E-state index in [0.717, 1.165) is 12.2 Å². The van der Waals surface area contributed by atoms with Crippen LogP contribution in [0.2, 0.25) is 0 Å². The molecule has 0 heterocycles. The van der Waals surface area contributed by atoms with Gasteiger partial charge in [0.2, 0.25) is 0 Å². The maximum atomic E-state index is 11.3. The van der Waals surface area contributed by atoms with Crippen molar-refractivity contribution in [3.8, 4) is 5.75 Å². The minimum atomic E-state index is -0.203. The Morgan fingerprint density at radius 2 is 2.00 bits per heavy atom. The van der Waals surface area contributed by atoms with Crippen molar-refractivity contribution in [3.05, 3.63) is 30.3 Å². The Morgan fingerprint density at radius 1 is 1.31 bits per heavy atom. The van der Waals surface area contributed by atoms with Crippen LogP contribution in [0.4, 0.5) is 0 Å². The van der Waals surface area contributed by atoms with E-state index in [2.05, 4.69) is 0 Å². The van der Waals surface area contributed by atoms with Crippen molar-refractivity contribution in [1.29, 1.82) is 0 Å². The van der Waals surface area contributed by atoms with Crippen LogP contribution in [0.5, 0.6) is 5.75 Å². The van der Waals surface area contributed by atoms with Gasteiger partial charge in [-0.15, -0.1) is 0 Å². The lowest BCUT2D eigenvalue weighted by molar-refractivity contribution is -0.148. The molecule has 0 saturated carbocycles. The first kappa shape index (κ1) is 12.6. The summed E-state index contributed by atoms with van der Waals surface area (Å²) in [5.74, 6) is 0.573. The maximum Gasteiger partial charge on any atom is 0.309 e. The highest BCUT2D eigenvalue weighted by atomic mass is 16.5. The van der Waals surface area contributed by atoms with Crippen LogP contribution in [0.15, 0.2) is 30.3 Å². The zero-order valence-electron chi connectivity index (χ0n) is 9.81. The van der Waals surface area contributed by atoms with Gasteiger partial charge >= 0.3 is 5.97 Å². The summed E-state index contributed by atoms with van der Waals surface area (Å²) in [5, 5.41) is 0. The number of carbonyl (C=O) groups is 1. The van der Waals surface area contributed by atoms with Gasteiger partial charge in [-0.25, -0.2) is 0 Å². The van der Waals surface area contributed by atoms with Crippen molar-refractivity contribution in [2.45, 2.75) is 32.8 Å². The van der Waals surface area contributed by atoms with Gasteiger partial charge in [-0.3, -0.25) is 4.79 Å². The van der Waals surface area contributed by atoms with Gasteiger partial charge in [0.25, 0.3) is 0 Å². The van der Waals surface area contributed by atoms with Crippen molar-refractivity contribution in [2.75, 3.05) is 6.61 Å². The number of hydrogen-bond acceptors (Lipinski definition) is 3. The van der Waals surface area contributed by atoms with Crippen molar-refractivity contribution in [3.63, 3.8) is 0 Å². The third kappa shape index (κ3) is 4.82. The summed E-state index contributed by atoms with van der Waals surface area (Å²) in [4.78, 5) is 11.3. The predicted octanol–water partition coefficient (Wildman–Crippen LogP) is 2.80. The lowest BCUT2D eigenvalue weighted by atomic mass is 10.3. The summed E-state index contributed by atoms with van der Waals surface area (Å²) in [6.07, 6.45) is 1.12. The summed E-state index contributed by atoms with van der Waals surface area (Å²) in [6.45, 7) is 4.23. The molecule has 16 heavy (non-hydrogen) atoms. The Morgan fingerprint density at radius 3 is 2.62 bits per heavy atom. The van der Waals surface area contributed by atoms with E-state index < -0.39 is 0 Å². The summed E-state index contributed by atoms with van der Waals surface area (Å²) in [7, 11) is 0. The summed E-state index contributed by atoms with van der Waals surface area (Å²) >= 11 is 0. The minimum absolute atomic E-state index is 0.00998. The van der Waals surface area contributed by atoms with E-state index in [-0.39, 0.29) is 12.1 Å². The molecule has 0 aliphatic heterocycles. The first-order chi connectivity index (χ1) is 7.72. The molecule has 0 spiro atoms. The highest BCUT2D eigenvalue weighted by Crippen LogP contribution is 2.08. The molecule has 3 heteroatoms. The molecule has 0 N–H and O–H groups in total. The molecule has 1 aromatic rings. The zero-order valence-corrected chi connectivity index (χ0v) is 9.81. The second-order valence-electron chi connectivity index (χ2n) is 3.62. The molecule has 0 aliphatic carbocycles. The quantitative estimate of drug-likeness (QED) is 0.694. The number of ether oxygens (including phenoxy) is 2. The first-order valence-electron chi connectivity index (χ1n) is 5.59. The van der Waals surface area contributed by atoms with Crippen molar-refractivity contribution < 1.29 is 14.3 Å². The van der Waals surface area contributed by atoms with Crippen molar-refractivity contribution in [1.82, 2.24) is 0 Å². The topological polar surface area (TPSA) is 35.5 Å². The second-order valence-corrected chi connectivity index (χ2v) is 3.62. The third-order valence-electron chi connectivity index (χ3n) is 2.23. The molecule has 0 bridgehead atoms. The number of esters is 1. The largest absolute Gasteiger partial charge is 0.493 e. The fourth-order valence-electron chi connectivity index (χ4n) is 1.14. The van der Waals surface area contributed by atoms with E-state index in [1.165, 1.54) is 0 Å². The van der Waals surface area contributed by atoms with E-state index in [9.17, 15) is 4.79 Å². The van der Waals surface area contributed by atoms with Crippen LogP contribution in [-0.4, -0.2) is 18.7 Å². The molecule has 0 radical (unpaired) electrons. The molecule has 1 unspecified atom stereocenters. The normalized spacial score (nSPS) is 11.9. The number of para-hydroxylation sites is 1. The SMILES string of the molecule is CCC(C)OC(=O)CCOc1ccccc1. The molecule has 3 nitrogen and oxygen atoms in total. The van der Waals surface area contributed by atoms with Crippen LogP contribution in [0.25, 0.3) is 0 Å². The van der Waals surface area contributed by atoms with E-state index in [4.69, 9.17) is 9.47 Å². The molecule has 1 aromatic carbocycles. The Labute approximate surface area is 96.4 Å². The van der Waals surface area contributed by atoms with Crippen molar-refractivity contribution >= 4 is 5.97 Å². The monoisotopic (exact) mass is 222 g/mol. The summed E-state index contributed by atoms with van der Waals surface area (Å²) in [5.41, 5.74) is 0.